The first-order valence-corrected chi connectivity index (χ1v) is 9.02. The maximum absolute atomic E-state index is 12.7. The molecule has 4 aromatic rings. The van der Waals surface area contributed by atoms with E-state index >= 15 is 0 Å². The van der Waals surface area contributed by atoms with Crippen LogP contribution in [0.4, 0.5) is 0 Å². The molecule has 0 spiro atoms. The zero-order valence-corrected chi connectivity index (χ0v) is 15.9. The van der Waals surface area contributed by atoms with Gasteiger partial charge in [-0.2, -0.15) is 0 Å². The Bertz CT molecular complexity index is 1460. The Kier molecular flexibility index (Phi) is 3.96. The van der Waals surface area contributed by atoms with Gasteiger partial charge in [-0.05, 0) is 30.5 Å². The van der Waals surface area contributed by atoms with Crippen LogP contribution in [-0.2, 0) is 14.1 Å². The van der Waals surface area contributed by atoms with Crippen LogP contribution in [0.25, 0.3) is 21.3 Å². The van der Waals surface area contributed by atoms with E-state index in [2.05, 4.69) is 15.4 Å². The standard InChI is InChI=1S/C17H14N6O4S/c1-8-18-14-10(6-7-28-14)16(26)23(8)20-13(24)11-5-4-9-12(19-11)21(2)17(27)22(3)15(9)25/h4-7H,1-3H3,(H,20,24). The number of aromatic nitrogens is 5. The van der Waals surface area contributed by atoms with Crippen LogP contribution in [0.3, 0.4) is 0 Å². The van der Waals surface area contributed by atoms with Crippen molar-refractivity contribution in [2.75, 3.05) is 5.43 Å². The van der Waals surface area contributed by atoms with Crippen molar-refractivity contribution in [2.24, 2.45) is 14.1 Å². The summed E-state index contributed by atoms with van der Waals surface area (Å²) in [6.07, 6.45) is 0. The number of amides is 1. The predicted octanol–water partition coefficient (Wildman–Crippen LogP) is 0.0959. The van der Waals surface area contributed by atoms with Gasteiger partial charge in [-0.15, -0.1) is 11.3 Å². The minimum atomic E-state index is -0.670. The summed E-state index contributed by atoms with van der Waals surface area (Å²) in [5.41, 5.74) is 1.05. The molecule has 0 aromatic carbocycles. The molecule has 4 rings (SSSR count). The molecule has 0 saturated carbocycles. The monoisotopic (exact) mass is 398 g/mol. The fraction of sp³-hybridized carbons (Fsp3) is 0.176. The summed E-state index contributed by atoms with van der Waals surface area (Å²) >= 11 is 1.33. The first-order chi connectivity index (χ1) is 13.3. The van der Waals surface area contributed by atoms with E-state index in [-0.39, 0.29) is 16.7 Å². The molecule has 0 aliphatic carbocycles. The van der Waals surface area contributed by atoms with E-state index in [9.17, 15) is 19.2 Å². The number of hydrogen-bond donors (Lipinski definition) is 1. The molecule has 4 heterocycles. The molecular weight excluding hydrogens is 384 g/mol. The van der Waals surface area contributed by atoms with Crippen LogP contribution in [0.15, 0.2) is 38.0 Å². The SMILES string of the molecule is Cc1nc2sccc2c(=O)n1NC(=O)c1ccc2c(=O)n(C)c(=O)n(C)c2n1. The van der Waals surface area contributed by atoms with Gasteiger partial charge in [0.25, 0.3) is 17.0 Å². The fourth-order valence-electron chi connectivity index (χ4n) is 2.89. The smallest absolute Gasteiger partial charge is 0.280 e. The third-order valence-electron chi connectivity index (χ3n) is 4.41. The van der Waals surface area contributed by atoms with Gasteiger partial charge >= 0.3 is 5.69 Å². The molecule has 0 saturated heterocycles. The van der Waals surface area contributed by atoms with Crippen molar-refractivity contribution in [1.82, 2.24) is 23.8 Å². The van der Waals surface area contributed by atoms with E-state index in [1.165, 1.54) is 42.1 Å². The number of aryl methyl sites for hydroxylation is 2. The molecule has 142 valence electrons. The average molecular weight is 398 g/mol. The molecule has 4 aromatic heterocycles. The van der Waals surface area contributed by atoms with Crippen LogP contribution in [0, 0.1) is 6.92 Å². The summed E-state index contributed by atoms with van der Waals surface area (Å²) in [6.45, 7) is 1.60. The minimum Gasteiger partial charge on any atom is -0.280 e. The quantitative estimate of drug-likeness (QED) is 0.511. The second kappa shape index (κ2) is 6.23. The van der Waals surface area contributed by atoms with Gasteiger partial charge in [0.15, 0.2) is 0 Å². The second-order valence-electron chi connectivity index (χ2n) is 6.15. The maximum atomic E-state index is 12.7. The van der Waals surface area contributed by atoms with Gasteiger partial charge in [0, 0.05) is 14.1 Å². The number of nitrogens with one attached hydrogen (secondary N) is 1. The van der Waals surface area contributed by atoms with Crippen molar-refractivity contribution in [2.45, 2.75) is 6.92 Å². The summed E-state index contributed by atoms with van der Waals surface area (Å²) in [4.78, 5) is 58.6. The number of hydrogen-bond acceptors (Lipinski definition) is 7. The topological polar surface area (TPSA) is 121 Å². The van der Waals surface area contributed by atoms with Crippen molar-refractivity contribution in [3.05, 3.63) is 66.3 Å². The molecule has 0 aliphatic heterocycles. The number of fused-ring (bicyclic) bond motifs is 2. The minimum absolute atomic E-state index is 0.0486. The highest BCUT2D eigenvalue weighted by atomic mass is 32.1. The Morgan fingerprint density at radius 2 is 1.75 bits per heavy atom. The zero-order valence-electron chi connectivity index (χ0n) is 15.1. The molecule has 1 N–H and O–H groups in total. The zero-order chi connectivity index (χ0) is 20.2. The Balaban J connectivity index is 1.81. The number of nitrogens with zero attached hydrogens (tertiary/aromatic N) is 5. The lowest BCUT2D eigenvalue weighted by atomic mass is 10.2. The lowest BCUT2D eigenvalue weighted by molar-refractivity contribution is 0.100. The molecule has 11 heteroatoms. The molecule has 0 aliphatic rings. The van der Waals surface area contributed by atoms with Gasteiger partial charge in [0.1, 0.15) is 22.0 Å². The highest BCUT2D eigenvalue weighted by Gasteiger charge is 2.16. The third kappa shape index (κ3) is 2.55. The summed E-state index contributed by atoms with van der Waals surface area (Å²) in [5.74, 6) is -0.355. The van der Waals surface area contributed by atoms with E-state index < -0.39 is 22.7 Å². The van der Waals surface area contributed by atoms with Gasteiger partial charge in [-0.3, -0.25) is 28.9 Å². The van der Waals surface area contributed by atoms with Gasteiger partial charge in [-0.1, -0.05) is 0 Å². The van der Waals surface area contributed by atoms with E-state index in [4.69, 9.17) is 0 Å². The Morgan fingerprint density at radius 3 is 2.50 bits per heavy atom. The lowest BCUT2D eigenvalue weighted by Gasteiger charge is -2.11. The maximum Gasteiger partial charge on any atom is 0.332 e. The molecule has 0 unspecified atom stereocenters. The molecular formula is C17H14N6O4S. The largest absolute Gasteiger partial charge is 0.332 e. The van der Waals surface area contributed by atoms with Gasteiger partial charge in [-0.25, -0.2) is 19.4 Å². The molecule has 28 heavy (non-hydrogen) atoms. The molecule has 0 bridgehead atoms. The van der Waals surface area contributed by atoms with Gasteiger partial charge < -0.3 is 0 Å². The number of carbonyl (C=O) groups excluding carboxylic acids is 1. The van der Waals surface area contributed by atoms with Crippen molar-refractivity contribution >= 4 is 38.5 Å². The van der Waals surface area contributed by atoms with E-state index in [0.29, 0.717) is 16.0 Å². The summed E-state index contributed by atoms with van der Waals surface area (Å²) < 4.78 is 3.20. The molecule has 1 amide bonds. The lowest BCUT2D eigenvalue weighted by Crippen LogP contribution is -2.38. The van der Waals surface area contributed by atoms with E-state index in [1.807, 2.05) is 0 Å². The molecule has 0 radical (unpaired) electrons. The van der Waals surface area contributed by atoms with Gasteiger partial charge in [0.05, 0.1) is 10.8 Å². The number of pyridine rings is 1. The van der Waals surface area contributed by atoms with Crippen LogP contribution >= 0.6 is 11.3 Å². The average Bonchev–Trinajstić information content (AvgIpc) is 3.15. The van der Waals surface area contributed by atoms with Crippen LogP contribution in [0.5, 0.6) is 0 Å². The molecule has 10 nitrogen and oxygen atoms in total. The van der Waals surface area contributed by atoms with Crippen molar-refractivity contribution in [1.29, 1.82) is 0 Å². The Hall–Kier alpha value is -3.60. The number of rotatable bonds is 2. The molecule has 0 atom stereocenters. The van der Waals surface area contributed by atoms with Crippen molar-refractivity contribution in [3.63, 3.8) is 0 Å². The van der Waals surface area contributed by atoms with Crippen LogP contribution in [0.1, 0.15) is 16.3 Å². The van der Waals surface area contributed by atoms with Gasteiger partial charge in [0.2, 0.25) is 0 Å². The normalized spacial score (nSPS) is 11.2. The summed E-state index contributed by atoms with van der Waals surface area (Å²) in [5, 5.41) is 2.35. The van der Waals surface area contributed by atoms with E-state index in [1.54, 1.807) is 18.4 Å². The first-order valence-electron chi connectivity index (χ1n) is 8.14. The summed E-state index contributed by atoms with van der Waals surface area (Å²) in [7, 11) is 2.83. The highest BCUT2D eigenvalue weighted by Crippen LogP contribution is 2.14. The fourth-order valence-corrected chi connectivity index (χ4v) is 3.69. The Labute approximate surface area is 160 Å². The number of thiophene rings is 1. The molecule has 0 fully saturated rings. The second-order valence-corrected chi connectivity index (χ2v) is 7.05. The highest BCUT2D eigenvalue weighted by molar-refractivity contribution is 7.16. The number of carbonyl (C=O) groups is 1. The summed E-state index contributed by atoms with van der Waals surface area (Å²) in [6, 6.07) is 4.42. The van der Waals surface area contributed by atoms with Crippen LogP contribution in [0.2, 0.25) is 0 Å². The predicted molar refractivity (Wildman–Crippen MR) is 105 cm³/mol. The first kappa shape index (κ1) is 17.8. The third-order valence-corrected chi connectivity index (χ3v) is 5.22. The Morgan fingerprint density at radius 1 is 1.00 bits per heavy atom. The van der Waals surface area contributed by atoms with Crippen molar-refractivity contribution < 1.29 is 4.79 Å². The van der Waals surface area contributed by atoms with Crippen LogP contribution in [-0.4, -0.2) is 29.7 Å². The van der Waals surface area contributed by atoms with Crippen molar-refractivity contribution in [3.8, 4) is 0 Å². The van der Waals surface area contributed by atoms with Crippen LogP contribution < -0.4 is 22.2 Å². The van der Waals surface area contributed by atoms with E-state index in [0.717, 1.165) is 9.24 Å².